The fourth-order valence-electron chi connectivity index (χ4n) is 3.67. The number of nitrogens with one attached hydrogen (secondary N) is 1. The van der Waals surface area contributed by atoms with Crippen LogP contribution in [0.1, 0.15) is 31.9 Å². The van der Waals surface area contributed by atoms with Gasteiger partial charge < -0.3 is 9.84 Å². The van der Waals surface area contributed by atoms with Crippen molar-refractivity contribution in [2.45, 2.75) is 31.3 Å². The fourth-order valence-corrected chi connectivity index (χ4v) is 4.42. The number of rotatable bonds is 10. The lowest BCUT2D eigenvalue weighted by molar-refractivity contribution is -0.139. The van der Waals surface area contributed by atoms with E-state index in [-0.39, 0.29) is 17.1 Å². The molecule has 1 aromatic heterocycles. The molecule has 3 aromatic carbocycles. The average molecular weight is 544 g/mol. The quantitative estimate of drug-likeness (QED) is 0.165. The Morgan fingerprint density at radius 2 is 1.69 bits per heavy atom. The highest BCUT2D eigenvalue weighted by atomic mass is 32.2. The molecule has 39 heavy (non-hydrogen) atoms. The summed E-state index contributed by atoms with van der Waals surface area (Å²) in [6.45, 7) is 6.04. The van der Waals surface area contributed by atoms with Gasteiger partial charge in [0.15, 0.2) is 17.6 Å². The maximum Gasteiger partial charge on any atom is 0.341 e. The van der Waals surface area contributed by atoms with Crippen molar-refractivity contribution in [2.24, 2.45) is 5.10 Å². The first-order valence-corrected chi connectivity index (χ1v) is 13.2. The molecule has 0 atom stereocenters. The maximum atomic E-state index is 12.6. The summed E-state index contributed by atoms with van der Waals surface area (Å²) < 4.78 is 7.19. The minimum Gasteiger partial charge on any atom is -0.481 e. The predicted molar refractivity (Wildman–Crippen MR) is 152 cm³/mol. The molecule has 1 amide bonds. The maximum absolute atomic E-state index is 12.6. The zero-order valence-electron chi connectivity index (χ0n) is 21.9. The molecule has 0 saturated heterocycles. The Kier molecular flexibility index (Phi) is 8.77. The molecule has 10 heteroatoms. The Bertz CT molecular complexity index is 1460. The monoisotopic (exact) mass is 543 g/mol. The van der Waals surface area contributed by atoms with Gasteiger partial charge in [-0.1, -0.05) is 87.1 Å². The Morgan fingerprint density at radius 3 is 2.38 bits per heavy atom. The van der Waals surface area contributed by atoms with E-state index >= 15 is 0 Å². The number of carboxylic acid groups (broad SMARTS) is 1. The highest BCUT2D eigenvalue weighted by Gasteiger charge is 2.19. The van der Waals surface area contributed by atoms with Crippen molar-refractivity contribution in [2.75, 3.05) is 12.4 Å². The van der Waals surface area contributed by atoms with Crippen molar-refractivity contribution in [3.63, 3.8) is 0 Å². The number of aromatic nitrogens is 3. The van der Waals surface area contributed by atoms with Crippen LogP contribution < -0.4 is 10.2 Å². The molecule has 1 heterocycles. The molecule has 0 saturated carbocycles. The summed E-state index contributed by atoms with van der Waals surface area (Å²) in [6, 6.07) is 24.9. The minimum atomic E-state index is -1.08. The summed E-state index contributed by atoms with van der Waals surface area (Å²) in [5.41, 5.74) is 6.10. The molecule has 0 spiro atoms. The SMILES string of the molecule is CC(C)(C)c1ccc(-c2nnc(SCC(=O)N/N=C\c3ccccc3OCC(=O)O)n2-c2ccccc2)cc1. The summed E-state index contributed by atoms with van der Waals surface area (Å²) in [5.74, 6) is -0.325. The number of carbonyl (C=O) groups is 2. The van der Waals surface area contributed by atoms with E-state index in [1.165, 1.54) is 23.5 Å². The lowest BCUT2D eigenvalue weighted by atomic mass is 9.87. The zero-order valence-corrected chi connectivity index (χ0v) is 22.7. The Hall–Kier alpha value is -4.44. The Labute approximate surface area is 230 Å². The normalized spacial score (nSPS) is 11.5. The first-order valence-electron chi connectivity index (χ1n) is 12.2. The van der Waals surface area contributed by atoms with Crippen LogP contribution in [0.2, 0.25) is 0 Å². The van der Waals surface area contributed by atoms with Gasteiger partial charge in [0.2, 0.25) is 0 Å². The number of hydrogen-bond acceptors (Lipinski definition) is 7. The number of para-hydroxylation sites is 2. The molecule has 0 unspecified atom stereocenters. The third kappa shape index (κ3) is 7.32. The largest absolute Gasteiger partial charge is 0.481 e. The number of benzene rings is 3. The van der Waals surface area contributed by atoms with E-state index in [9.17, 15) is 9.59 Å². The third-order valence-corrected chi connectivity index (χ3v) is 6.58. The summed E-state index contributed by atoms with van der Waals surface area (Å²) in [6.07, 6.45) is 1.41. The van der Waals surface area contributed by atoms with Crippen molar-refractivity contribution in [3.05, 3.63) is 90.0 Å². The van der Waals surface area contributed by atoms with E-state index in [1.807, 2.05) is 47.0 Å². The second kappa shape index (κ2) is 12.4. The highest BCUT2D eigenvalue weighted by molar-refractivity contribution is 7.99. The lowest BCUT2D eigenvalue weighted by Crippen LogP contribution is -2.20. The van der Waals surface area contributed by atoms with Crippen LogP contribution in [-0.2, 0) is 15.0 Å². The van der Waals surface area contributed by atoms with Crippen LogP contribution in [0, 0.1) is 0 Å². The molecule has 9 nitrogen and oxygen atoms in total. The molecule has 0 bridgehead atoms. The van der Waals surface area contributed by atoms with Crippen LogP contribution in [0.3, 0.4) is 0 Å². The number of nitrogens with zero attached hydrogens (tertiary/aromatic N) is 4. The number of carbonyl (C=O) groups excluding carboxylic acids is 1. The number of hydrogen-bond donors (Lipinski definition) is 2. The average Bonchev–Trinajstić information content (AvgIpc) is 3.35. The van der Waals surface area contributed by atoms with Gasteiger partial charge in [-0.05, 0) is 35.2 Å². The van der Waals surface area contributed by atoms with Crippen molar-refractivity contribution in [3.8, 4) is 22.8 Å². The van der Waals surface area contributed by atoms with Gasteiger partial charge in [0.1, 0.15) is 5.75 Å². The van der Waals surface area contributed by atoms with Gasteiger partial charge in [-0.2, -0.15) is 5.10 Å². The molecule has 0 aliphatic rings. The summed E-state index contributed by atoms with van der Waals surface area (Å²) in [5, 5.41) is 22.2. The summed E-state index contributed by atoms with van der Waals surface area (Å²) >= 11 is 1.25. The highest BCUT2D eigenvalue weighted by Crippen LogP contribution is 2.30. The number of ether oxygens (including phenoxy) is 1. The van der Waals surface area contributed by atoms with Gasteiger partial charge in [0.25, 0.3) is 5.91 Å². The lowest BCUT2D eigenvalue weighted by Gasteiger charge is -2.19. The third-order valence-electron chi connectivity index (χ3n) is 5.65. The zero-order chi connectivity index (χ0) is 27.8. The van der Waals surface area contributed by atoms with Crippen molar-refractivity contribution < 1.29 is 19.4 Å². The molecule has 0 aliphatic heterocycles. The molecule has 0 radical (unpaired) electrons. The molecular formula is C29H29N5O4S. The van der Waals surface area contributed by atoms with E-state index in [1.54, 1.807) is 24.3 Å². The second-order valence-corrected chi connectivity index (χ2v) is 10.5. The topological polar surface area (TPSA) is 119 Å². The van der Waals surface area contributed by atoms with Gasteiger partial charge in [-0.25, -0.2) is 10.2 Å². The fraction of sp³-hybridized carbons (Fsp3) is 0.207. The van der Waals surface area contributed by atoms with Crippen LogP contribution in [0.15, 0.2) is 89.1 Å². The van der Waals surface area contributed by atoms with Crippen LogP contribution in [0.5, 0.6) is 5.75 Å². The van der Waals surface area contributed by atoms with E-state index in [0.717, 1.165) is 11.3 Å². The number of carboxylic acids is 1. The minimum absolute atomic E-state index is 0.0378. The summed E-state index contributed by atoms with van der Waals surface area (Å²) in [7, 11) is 0. The molecule has 0 aliphatic carbocycles. The smallest absolute Gasteiger partial charge is 0.341 e. The van der Waals surface area contributed by atoms with Gasteiger partial charge in [-0.15, -0.1) is 10.2 Å². The van der Waals surface area contributed by atoms with Gasteiger partial charge in [0.05, 0.1) is 12.0 Å². The van der Waals surface area contributed by atoms with Crippen molar-refractivity contribution >= 4 is 29.9 Å². The van der Waals surface area contributed by atoms with Crippen LogP contribution >= 0.6 is 11.8 Å². The molecule has 200 valence electrons. The number of thioether (sulfide) groups is 1. The van der Waals surface area contributed by atoms with Crippen molar-refractivity contribution in [1.29, 1.82) is 0 Å². The molecular weight excluding hydrogens is 514 g/mol. The number of amides is 1. The van der Waals surface area contributed by atoms with Gasteiger partial charge >= 0.3 is 5.97 Å². The van der Waals surface area contributed by atoms with E-state index in [4.69, 9.17) is 9.84 Å². The van der Waals surface area contributed by atoms with E-state index < -0.39 is 12.6 Å². The molecule has 0 fully saturated rings. The van der Waals surface area contributed by atoms with Crippen molar-refractivity contribution in [1.82, 2.24) is 20.2 Å². The predicted octanol–water partition coefficient (Wildman–Crippen LogP) is 4.94. The van der Waals surface area contributed by atoms with Gasteiger partial charge in [0, 0.05) is 16.8 Å². The van der Waals surface area contributed by atoms with Gasteiger partial charge in [-0.3, -0.25) is 9.36 Å². The first kappa shape index (κ1) is 27.6. The Morgan fingerprint density at radius 1 is 1.00 bits per heavy atom. The van der Waals surface area contributed by atoms with E-state index in [0.29, 0.717) is 22.3 Å². The van der Waals surface area contributed by atoms with Crippen LogP contribution in [0.25, 0.3) is 17.1 Å². The molecule has 4 rings (SSSR count). The standard InChI is InChI=1S/C29H29N5O4S/c1-29(2,3)22-15-13-20(14-16-22)27-32-33-28(34(27)23-10-5-4-6-11-23)39-19-25(35)31-30-17-21-9-7-8-12-24(21)38-18-26(36)37/h4-17H,18-19H2,1-3H3,(H,31,35)(H,36,37)/b30-17-. The molecule has 4 aromatic rings. The summed E-state index contributed by atoms with van der Waals surface area (Å²) in [4.78, 5) is 23.3. The number of hydrazone groups is 1. The van der Waals surface area contributed by atoms with Crippen LogP contribution in [-0.4, -0.2) is 50.3 Å². The number of aliphatic carboxylic acids is 1. The first-order chi connectivity index (χ1) is 18.7. The van der Waals surface area contributed by atoms with E-state index in [2.05, 4.69) is 53.6 Å². The van der Waals surface area contributed by atoms with Crippen LogP contribution in [0.4, 0.5) is 0 Å². The second-order valence-electron chi connectivity index (χ2n) is 9.61. The Balaban J connectivity index is 1.47. The molecule has 2 N–H and O–H groups in total.